The molecular formula is C16H23BrN2O2. The number of nitrogens with one attached hydrogen (secondary N) is 2. The average molecular weight is 355 g/mol. The highest BCUT2D eigenvalue weighted by Crippen LogP contribution is 2.28. The summed E-state index contributed by atoms with van der Waals surface area (Å²) in [6.07, 6.45) is 2.64. The third-order valence-electron chi connectivity index (χ3n) is 3.40. The van der Waals surface area contributed by atoms with E-state index in [1.807, 2.05) is 13.0 Å². The Kier molecular flexibility index (Phi) is 6.06. The molecule has 4 nitrogen and oxygen atoms in total. The lowest BCUT2D eigenvalue weighted by Gasteiger charge is -2.15. The SMILES string of the molecule is CCNCc1cc(Br)cc(C)c1OCCC(=O)NC1CC1. The molecule has 1 aliphatic rings. The molecule has 21 heavy (non-hydrogen) atoms. The molecule has 0 aliphatic heterocycles. The Hall–Kier alpha value is -1.07. The van der Waals surface area contributed by atoms with E-state index in [1.165, 1.54) is 0 Å². The number of hydrogen-bond donors (Lipinski definition) is 2. The van der Waals surface area contributed by atoms with Crippen molar-refractivity contribution in [2.75, 3.05) is 13.2 Å². The van der Waals surface area contributed by atoms with Gasteiger partial charge in [-0.1, -0.05) is 22.9 Å². The Morgan fingerprint density at radius 1 is 1.43 bits per heavy atom. The maximum absolute atomic E-state index is 11.7. The zero-order chi connectivity index (χ0) is 15.2. The van der Waals surface area contributed by atoms with E-state index in [0.717, 1.165) is 47.3 Å². The second-order valence-corrected chi connectivity index (χ2v) is 6.35. The van der Waals surface area contributed by atoms with E-state index in [2.05, 4.69) is 39.6 Å². The largest absolute Gasteiger partial charge is 0.492 e. The summed E-state index contributed by atoms with van der Waals surface area (Å²) in [7, 11) is 0. The Bertz CT molecular complexity index is 501. The number of rotatable bonds is 8. The molecule has 2 rings (SSSR count). The Morgan fingerprint density at radius 3 is 2.86 bits per heavy atom. The lowest BCUT2D eigenvalue weighted by molar-refractivity contribution is -0.121. The summed E-state index contributed by atoms with van der Waals surface area (Å²) in [5, 5.41) is 6.29. The number of carbonyl (C=O) groups excluding carboxylic acids is 1. The lowest BCUT2D eigenvalue weighted by atomic mass is 10.1. The van der Waals surface area contributed by atoms with Gasteiger partial charge in [0.25, 0.3) is 0 Å². The first-order chi connectivity index (χ1) is 10.1. The lowest BCUT2D eigenvalue weighted by Crippen LogP contribution is -2.26. The summed E-state index contributed by atoms with van der Waals surface area (Å²) in [6.45, 7) is 6.20. The zero-order valence-electron chi connectivity index (χ0n) is 12.7. The van der Waals surface area contributed by atoms with E-state index < -0.39 is 0 Å². The van der Waals surface area contributed by atoms with Crippen LogP contribution in [0.2, 0.25) is 0 Å². The third-order valence-corrected chi connectivity index (χ3v) is 3.86. The fourth-order valence-electron chi connectivity index (χ4n) is 2.17. The Morgan fingerprint density at radius 2 is 2.19 bits per heavy atom. The van der Waals surface area contributed by atoms with E-state index in [0.29, 0.717) is 19.1 Å². The van der Waals surface area contributed by atoms with Gasteiger partial charge < -0.3 is 15.4 Å². The van der Waals surface area contributed by atoms with Crippen LogP contribution in [-0.2, 0) is 11.3 Å². The predicted octanol–water partition coefficient (Wildman–Crippen LogP) is 2.91. The van der Waals surface area contributed by atoms with Crippen molar-refractivity contribution in [3.63, 3.8) is 0 Å². The molecule has 1 fully saturated rings. The van der Waals surface area contributed by atoms with Gasteiger partial charge in [0.15, 0.2) is 0 Å². The van der Waals surface area contributed by atoms with E-state index in [4.69, 9.17) is 4.74 Å². The van der Waals surface area contributed by atoms with E-state index >= 15 is 0 Å². The van der Waals surface area contributed by atoms with Gasteiger partial charge in [-0.2, -0.15) is 0 Å². The molecule has 0 radical (unpaired) electrons. The molecule has 2 N–H and O–H groups in total. The second-order valence-electron chi connectivity index (χ2n) is 5.43. The van der Waals surface area contributed by atoms with Gasteiger partial charge in [0.2, 0.25) is 5.91 Å². The van der Waals surface area contributed by atoms with E-state index in [1.54, 1.807) is 0 Å². The molecule has 0 atom stereocenters. The number of amides is 1. The number of carbonyl (C=O) groups is 1. The van der Waals surface area contributed by atoms with E-state index in [-0.39, 0.29) is 5.91 Å². The minimum Gasteiger partial charge on any atom is -0.492 e. The Labute approximate surface area is 134 Å². The molecule has 116 valence electrons. The van der Waals surface area contributed by atoms with Gasteiger partial charge in [0.1, 0.15) is 5.75 Å². The molecule has 0 heterocycles. The minimum absolute atomic E-state index is 0.0838. The van der Waals surface area contributed by atoms with Gasteiger partial charge in [-0.05, 0) is 44.0 Å². The summed E-state index contributed by atoms with van der Waals surface area (Å²) < 4.78 is 6.92. The van der Waals surface area contributed by atoms with Crippen LogP contribution in [0.5, 0.6) is 5.75 Å². The van der Waals surface area contributed by atoms with Crippen molar-refractivity contribution in [1.82, 2.24) is 10.6 Å². The number of aryl methyl sites for hydroxylation is 1. The summed E-state index contributed by atoms with van der Waals surface area (Å²) in [5.41, 5.74) is 2.20. The maximum atomic E-state index is 11.7. The van der Waals surface area contributed by atoms with Crippen LogP contribution in [0.15, 0.2) is 16.6 Å². The van der Waals surface area contributed by atoms with Crippen LogP contribution in [0.1, 0.15) is 37.3 Å². The van der Waals surface area contributed by atoms with Crippen LogP contribution in [0.3, 0.4) is 0 Å². The van der Waals surface area contributed by atoms with E-state index in [9.17, 15) is 4.79 Å². The van der Waals surface area contributed by atoms with Crippen molar-refractivity contribution in [3.05, 3.63) is 27.7 Å². The molecule has 1 aromatic carbocycles. The quantitative estimate of drug-likeness (QED) is 0.754. The van der Waals surface area contributed by atoms with Gasteiger partial charge in [-0.25, -0.2) is 0 Å². The van der Waals surface area contributed by atoms with Crippen molar-refractivity contribution in [3.8, 4) is 5.75 Å². The van der Waals surface area contributed by atoms with Crippen molar-refractivity contribution in [1.29, 1.82) is 0 Å². The molecule has 0 aromatic heterocycles. The molecule has 5 heteroatoms. The molecule has 1 amide bonds. The van der Waals surface area contributed by atoms with Crippen LogP contribution in [0.25, 0.3) is 0 Å². The topological polar surface area (TPSA) is 50.4 Å². The molecule has 0 saturated heterocycles. The van der Waals surface area contributed by atoms with Crippen LogP contribution in [-0.4, -0.2) is 25.1 Å². The monoisotopic (exact) mass is 354 g/mol. The molecule has 1 aliphatic carbocycles. The fourth-order valence-corrected chi connectivity index (χ4v) is 2.79. The Balaban J connectivity index is 1.91. The third kappa shape index (κ3) is 5.32. The minimum atomic E-state index is 0.0838. The molecule has 1 saturated carbocycles. The molecule has 0 spiro atoms. The molecule has 0 unspecified atom stereocenters. The maximum Gasteiger partial charge on any atom is 0.223 e. The highest BCUT2D eigenvalue weighted by atomic mass is 79.9. The molecular weight excluding hydrogens is 332 g/mol. The van der Waals surface area contributed by atoms with Crippen LogP contribution >= 0.6 is 15.9 Å². The predicted molar refractivity (Wildman–Crippen MR) is 87.5 cm³/mol. The number of benzene rings is 1. The van der Waals surface area contributed by atoms with Gasteiger partial charge in [0, 0.05) is 22.6 Å². The van der Waals surface area contributed by atoms with Gasteiger partial charge in [0.05, 0.1) is 13.0 Å². The van der Waals surface area contributed by atoms with Gasteiger partial charge in [-0.3, -0.25) is 4.79 Å². The number of ether oxygens (including phenoxy) is 1. The highest BCUT2D eigenvalue weighted by molar-refractivity contribution is 9.10. The van der Waals surface area contributed by atoms with Crippen LogP contribution < -0.4 is 15.4 Å². The summed E-state index contributed by atoms with van der Waals surface area (Å²) in [6, 6.07) is 4.51. The summed E-state index contributed by atoms with van der Waals surface area (Å²) >= 11 is 3.52. The van der Waals surface area contributed by atoms with Gasteiger partial charge in [-0.15, -0.1) is 0 Å². The second kappa shape index (κ2) is 7.80. The normalized spacial score (nSPS) is 14.0. The smallest absolute Gasteiger partial charge is 0.223 e. The van der Waals surface area contributed by atoms with Gasteiger partial charge >= 0.3 is 0 Å². The van der Waals surface area contributed by atoms with Crippen molar-refractivity contribution >= 4 is 21.8 Å². The van der Waals surface area contributed by atoms with Crippen molar-refractivity contribution in [2.24, 2.45) is 0 Å². The summed E-state index contributed by atoms with van der Waals surface area (Å²) in [5.74, 6) is 0.971. The number of halogens is 1. The number of hydrogen-bond acceptors (Lipinski definition) is 3. The summed E-state index contributed by atoms with van der Waals surface area (Å²) in [4.78, 5) is 11.7. The van der Waals surface area contributed by atoms with Crippen LogP contribution in [0.4, 0.5) is 0 Å². The molecule has 1 aromatic rings. The highest BCUT2D eigenvalue weighted by Gasteiger charge is 2.23. The average Bonchev–Trinajstić information content (AvgIpc) is 3.22. The van der Waals surface area contributed by atoms with Crippen molar-refractivity contribution in [2.45, 2.75) is 45.7 Å². The first-order valence-corrected chi connectivity index (χ1v) is 8.31. The first-order valence-electron chi connectivity index (χ1n) is 7.52. The first kappa shape index (κ1) is 16.3. The van der Waals surface area contributed by atoms with Crippen LogP contribution in [0, 0.1) is 6.92 Å². The van der Waals surface area contributed by atoms with Crippen molar-refractivity contribution < 1.29 is 9.53 Å². The zero-order valence-corrected chi connectivity index (χ0v) is 14.3. The fraction of sp³-hybridized carbons (Fsp3) is 0.562. The molecule has 0 bridgehead atoms. The standard InChI is InChI=1S/C16H23BrN2O2/c1-3-18-10-12-9-13(17)8-11(2)16(12)21-7-6-15(20)19-14-4-5-14/h8-9,14,18H,3-7,10H2,1-2H3,(H,19,20).